The number of anilines is 1. The molecule has 0 fully saturated rings. The second kappa shape index (κ2) is 5.37. The molecule has 25 heavy (non-hydrogen) atoms. The van der Waals surface area contributed by atoms with E-state index in [4.69, 9.17) is 13.9 Å². The predicted octanol–water partition coefficient (Wildman–Crippen LogP) is 3.74. The molecule has 5 rings (SSSR count). The molecule has 1 aliphatic rings. The molecule has 124 valence electrons. The zero-order chi connectivity index (χ0) is 16.8. The molecule has 0 spiro atoms. The first kappa shape index (κ1) is 14.1. The number of rotatable bonds is 3. The zero-order valence-electron chi connectivity index (χ0n) is 13.6. The van der Waals surface area contributed by atoms with Gasteiger partial charge in [0.05, 0.1) is 0 Å². The Balaban J connectivity index is 1.54. The number of fused-ring (bicyclic) bond motifs is 4. The molecule has 2 aromatic heterocycles. The normalized spacial score (nSPS) is 12.8. The van der Waals surface area contributed by atoms with E-state index in [0.717, 1.165) is 39.4 Å². The lowest BCUT2D eigenvalue weighted by Gasteiger charge is -2.18. The Morgan fingerprint density at radius 3 is 2.88 bits per heavy atom. The van der Waals surface area contributed by atoms with Gasteiger partial charge in [-0.05, 0) is 29.8 Å². The fourth-order valence-corrected chi connectivity index (χ4v) is 3.17. The smallest absolute Gasteiger partial charge is 0.231 e. The monoisotopic (exact) mass is 333 g/mol. The van der Waals surface area contributed by atoms with Crippen LogP contribution < -0.4 is 14.4 Å². The molecule has 0 unspecified atom stereocenters. The number of aromatic nitrogens is 2. The maximum atomic E-state index is 6.01. The Hall–Kier alpha value is -3.28. The van der Waals surface area contributed by atoms with E-state index in [9.17, 15) is 0 Å². The summed E-state index contributed by atoms with van der Waals surface area (Å²) in [6.45, 7) is 0.944. The summed E-state index contributed by atoms with van der Waals surface area (Å²) in [5.41, 5.74) is 3.45. The van der Waals surface area contributed by atoms with Gasteiger partial charge in [0, 0.05) is 19.0 Å². The fourth-order valence-electron chi connectivity index (χ4n) is 3.17. The first-order chi connectivity index (χ1) is 12.3. The highest BCUT2D eigenvalue weighted by molar-refractivity contribution is 6.05. The van der Waals surface area contributed by atoms with E-state index >= 15 is 0 Å². The number of nitrogens with zero attached hydrogens (tertiary/aromatic N) is 3. The summed E-state index contributed by atoms with van der Waals surface area (Å²) < 4.78 is 16.8. The third kappa shape index (κ3) is 2.26. The van der Waals surface area contributed by atoms with Gasteiger partial charge in [0.1, 0.15) is 17.4 Å². The van der Waals surface area contributed by atoms with Gasteiger partial charge in [-0.15, -0.1) is 0 Å². The summed E-state index contributed by atoms with van der Waals surface area (Å²) in [4.78, 5) is 10.9. The van der Waals surface area contributed by atoms with Gasteiger partial charge < -0.3 is 18.8 Å². The van der Waals surface area contributed by atoms with Crippen molar-refractivity contribution >= 4 is 27.9 Å². The van der Waals surface area contributed by atoms with E-state index in [-0.39, 0.29) is 6.79 Å². The number of furan rings is 1. The molecule has 3 heterocycles. The summed E-state index contributed by atoms with van der Waals surface area (Å²) in [6.07, 6.45) is 1.58. The minimum absolute atomic E-state index is 0.278. The highest BCUT2D eigenvalue weighted by Gasteiger charge is 2.18. The molecule has 2 aromatic carbocycles. The van der Waals surface area contributed by atoms with Gasteiger partial charge in [0.2, 0.25) is 6.79 Å². The largest absolute Gasteiger partial charge is 0.454 e. The first-order valence-electron chi connectivity index (χ1n) is 8.01. The average Bonchev–Trinajstić information content (AvgIpc) is 3.25. The van der Waals surface area contributed by atoms with E-state index in [2.05, 4.69) is 9.97 Å². The van der Waals surface area contributed by atoms with Crippen molar-refractivity contribution < 1.29 is 13.9 Å². The van der Waals surface area contributed by atoms with E-state index in [1.54, 1.807) is 6.33 Å². The van der Waals surface area contributed by atoms with Crippen molar-refractivity contribution in [2.24, 2.45) is 0 Å². The van der Waals surface area contributed by atoms with Crippen LogP contribution in [0.25, 0.3) is 22.1 Å². The molecule has 1 aliphatic heterocycles. The van der Waals surface area contributed by atoms with Crippen molar-refractivity contribution in [1.82, 2.24) is 9.97 Å². The van der Waals surface area contributed by atoms with Crippen LogP contribution in [0.15, 0.2) is 53.2 Å². The first-order valence-corrected chi connectivity index (χ1v) is 8.01. The van der Waals surface area contributed by atoms with Crippen LogP contribution in [0.4, 0.5) is 5.82 Å². The molecule has 6 nitrogen and oxygen atoms in total. The molecule has 0 bridgehead atoms. The molecule has 0 N–H and O–H groups in total. The Kier molecular flexibility index (Phi) is 3.03. The summed E-state index contributed by atoms with van der Waals surface area (Å²) in [5.74, 6) is 2.33. The fraction of sp³-hybridized carbons (Fsp3) is 0.158. The van der Waals surface area contributed by atoms with Gasteiger partial charge in [0.15, 0.2) is 22.9 Å². The number of para-hydroxylation sites is 1. The molecule has 6 heteroatoms. The molecule has 0 amide bonds. The highest BCUT2D eigenvalue weighted by atomic mass is 16.7. The Morgan fingerprint density at radius 1 is 1.04 bits per heavy atom. The molecule has 0 saturated carbocycles. The maximum absolute atomic E-state index is 6.01. The second-order valence-corrected chi connectivity index (χ2v) is 6.02. The quantitative estimate of drug-likeness (QED) is 0.569. The van der Waals surface area contributed by atoms with Gasteiger partial charge in [-0.25, -0.2) is 9.97 Å². The number of benzene rings is 2. The van der Waals surface area contributed by atoms with E-state index in [1.165, 1.54) is 0 Å². The van der Waals surface area contributed by atoms with Crippen molar-refractivity contribution in [2.75, 3.05) is 18.7 Å². The number of hydrogen-bond acceptors (Lipinski definition) is 6. The minimum Gasteiger partial charge on any atom is -0.454 e. The Labute approximate surface area is 143 Å². The number of ether oxygens (including phenoxy) is 2. The van der Waals surface area contributed by atoms with Crippen molar-refractivity contribution in [3.05, 3.63) is 54.4 Å². The Morgan fingerprint density at radius 2 is 1.92 bits per heavy atom. The van der Waals surface area contributed by atoms with Crippen LogP contribution in [0.5, 0.6) is 11.5 Å². The molecule has 0 atom stereocenters. The number of hydrogen-bond donors (Lipinski definition) is 0. The van der Waals surface area contributed by atoms with Crippen molar-refractivity contribution in [3.63, 3.8) is 0 Å². The van der Waals surface area contributed by atoms with Gasteiger partial charge in [-0.2, -0.15) is 0 Å². The van der Waals surface area contributed by atoms with Gasteiger partial charge in [0.25, 0.3) is 0 Å². The lowest BCUT2D eigenvalue weighted by molar-refractivity contribution is 0.174. The van der Waals surface area contributed by atoms with Crippen LogP contribution in [0.3, 0.4) is 0 Å². The van der Waals surface area contributed by atoms with Crippen molar-refractivity contribution in [2.45, 2.75) is 6.54 Å². The van der Waals surface area contributed by atoms with Crippen LogP contribution in [-0.2, 0) is 6.54 Å². The molecule has 0 radical (unpaired) electrons. The molecule has 0 saturated heterocycles. The van der Waals surface area contributed by atoms with E-state index in [0.29, 0.717) is 12.1 Å². The van der Waals surface area contributed by atoms with E-state index in [1.807, 2.05) is 54.4 Å². The second-order valence-electron chi connectivity index (χ2n) is 6.02. The average molecular weight is 333 g/mol. The van der Waals surface area contributed by atoms with Crippen molar-refractivity contribution in [1.29, 1.82) is 0 Å². The van der Waals surface area contributed by atoms with E-state index < -0.39 is 0 Å². The SMILES string of the molecule is CN(Cc1ccc2c(c1)OCO2)c1ncnc2c1oc1ccccc12. The highest BCUT2D eigenvalue weighted by Crippen LogP contribution is 2.34. The van der Waals surface area contributed by atoms with Crippen LogP contribution in [0.1, 0.15) is 5.56 Å². The summed E-state index contributed by atoms with van der Waals surface area (Å²) >= 11 is 0. The summed E-state index contributed by atoms with van der Waals surface area (Å²) in [6, 6.07) is 13.8. The molecule has 4 aromatic rings. The third-order valence-electron chi connectivity index (χ3n) is 4.36. The third-order valence-corrected chi connectivity index (χ3v) is 4.36. The van der Waals surface area contributed by atoms with Gasteiger partial charge in [-0.3, -0.25) is 0 Å². The predicted molar refractivity (Wildman–Crippen MR) is 94.0 cm³/mol. The van der Waals surface area contributed by atoms with Crippen LogP contribution in [-0.4, -0.2) is 23.8 Å². The minimum atomic E-state index is 0.278. The zero-order valence-corrected chi connectivity index (χ0v) is 13.6. The van der Waals surface area contributed by atoms with Gasteiger partial charge >= 0.3 is 0 Å². The molecular formula is C19H15N3O3. The maximum Gasteiger partial charge on any atom is 0.231 e. The van der Waals surface area contributed by atoms with Crippen molar-refractivity contribution in [3.8, 4) is 11.5 Å². The standard InChI is InChI=1S/C19H15N3O3/c1-22(9-12-6-7-15-16(8-12)24-11-23-15)19-18-17(20-10-21-19)13-4-2-3-5-14(13)25-18/h2-8,10H,9,11H2,1H3. The van der Waals surface area contributed by atoms with Crippen LogP contribution >= 0.6 is 0 Å². The lowest BCUT2D eigenvalue weighted by atomic mass is 10.2. The summed E-state index contributed by atoms with van der Waals surface area (Å²) in [7, 11) is 1.99. The van der Waals surface area contributed by atoms with Crippen LogP contribution in [0, 0.1) is 0 Å². The molecule has 0 aliphatic carbocycles. The van der Waals surface area contributed by atoms with Crippen LogP contribution in [0.2, 0.25) is 0 Å². The lowest BCUT2D eigenvalue weighted by Crippen LogP contribution is -2.18. The Bertz CT molecular complexity index is 1090. The summed E-state index contributed by atoms with van der Waals surface area (Å²) in [5, 5.41) is 0.998. The van der Waals surface area contributed by atoms with Gasteiger partial charge in [-0.1, -0.05) is 18.2 Å². The molecular weight excluding hydrogens is 318 g/mol. The topological polar surface area (TPSA) is 60.6 Å².